The highest BCUT2D eigenvalue weighted by atomic mass is 35.5. The summed E-state index contributed by atoms with van der Waals surface area (Å²) in [6, 6.07) is 9.85. The molecule has 3 heterocycles. The fourth-order valence-corrected chi connectivity index (χ4v) is 3.81. The fourth-order valence-electron chi connectivity index (χ4n) is 3.42. The molecule has 146 valence electrons. The van der Waals surface area contributed by atoms with E-state index in [9.17, 15) is 0 Å². The van der Waals surface area contributed by atoms with Crippen LogP contribution in [0.1, 0.15) is 12.1 Å². The lowest BCUT2D eigenvalue weighted by Crippen LogP contribution is -2.51. The van der Waals surface area contributed by atoms with Gasteiger partial charge in [-0.25, -0.2) is 0 Å². The minimum Gasteiger partial charge on any atom is -0.399 e. The Hall–Kier alpha value is -2.58. The Balaban J connectivity index is 1.36. The number of rotatable bonds is 2. The number of halogens is 1. The Morgan fingerprint density at radius 2 is 2.07 bits per heavy atom. The summed E-state index contributed by atoms with van der Waals surface area (Å²) in [7, 11) is 0. The predicted octanol–water partition coefficient (Wildman–Crippen LogP) is 2.53. The molecule has 2 aromatic rings. The van der Waals surface area contributed by atoms with E-state index in [1.54, 1.807) is 6.20 Å². The number of pyridine rings is 1. The maximum absolute atomic E-state index is 6.02. The standard InChI is InChI=1S/C19H22ClN7S/c20-13-10-17-18(23-12-13)16(4-5-22-17)24-25-19(28)27-8-6-26(7-9-27)15-3-1-2-14(21)11-15/h1-3,10-12,22H,4-9,21H2,(H,25,28)/b24-16-. The van der Waals surface area contributed by atoms with Crippen LogP contribution >= 0.6 is 23.8 Å². The van der Waals surface area contributed by atoms with Crippen molar-refractivity contribution in [1.29, 1.82) is 0 Å². The summed E-state index contributed by atoms with van der Waals surface area (Å²) in [6.07, 6.45) is 2.41. The number of hydrazone groups is 1. The Morgan fingerprint density at radius 1 is 1.25 bits per heavy atom. The first-order valence-corrected chi connectivity index (χ1v) is 10.0. The van der Waals surface area contributed by atoms with Crippen molar-refractivity contribution in [3.63, 3.8) is 0 Å². The highest BCUT2D eigenvalue weighted by molar-refractivity contribution is 7.80. The number of hydrogen-bond donors (Lipinski definition) is 3. The molecule has 1 aromatic heterocycles. The van der Waals surface area contributed by atoms with Crippen molar-refractivity contribution in [2.45, 2.75) is 6.42 Å². The zero-order valence-corrected chi connectivity index (χ0v) is 16.9. The van der Waals surface area contributed by atoms with Gasteiger partial charge in [0.25, 0.3) is 0 Å². The molecule has 0 saturated carbocycles. The monoisotopic (exact) mass is 415 g/mol. The van der Waals surface area contributed by atoms with Crippen molar-refractivity contribution < 1.29 is 0 Å². The maximum Gasteiger partial charge on any atom is 0.189 e. The Morgan fingerprint density at radius 3 is 2.86 bits per heavy atom. The number of aromatic nitrogens is 1. The van der Waals surface area contributed by atoms with Gasteiger partial charge in [-0.15, -0.1) is 0 Å². The summed E-state index contributed by atoms with van der Waals surface area (Å²) in [5.74, 6) is 0. The lowest BCUT2D eigenvalue weighted by atomic mass is 10.1. The Kier molecular flexibility index (Phi) is 5.50. The molecular weight excluding hydrogens is 394 g/mol. The smallest absolute Gasteiger partial charge is 0.189 e. The molecule has 7 nitrogen and oxygen atoms in total. The number of benzene rings is 1. The summed E-state index contributed by atoms with van der Waals surface area (Å²) in [5, 5.41) is 9.06. The molecule has 0 amide bonds. The second-order valence-corrected chi connectivity index (χ2v) is 7.59. The van der Waals surface area contributed by atoms with E-state index in [4.69, 9.17) is 29.6 Å². The largest absolute Gasteiger partial charge is 0.399 e. The average Bonchev–Trinajstić information content (AvgIpc) is 2.72. The number of hydrogen-bond acceptors (Lipinski definition) is 6. The fraction of sp³-hybridized carbons (Fsp3) is 0.316. The number of nitrogen functional groups attached to an aromatic ring is 1. The number of fused-ring (bicyclic) bond motifs is 1. The molecule has 28 heavy (non-hydrogen) atoms. The van der Waals surface area contributed by atoms with Gasteiger partial charge in [0.05, 0.1) is 16.4 Å². The first kappa shape index (κ1) is 18.8. The van der Waals surface area contributed by atoms with Gasteiger partial charge < -0.3 is 20.9 Å². The lowest BCUT2D eigenvalue weighted by molar-refractivity contribution is 0.381. The van der Waals surface area contributed by atoms with Crippen LogP contribution in [0.3, 0.4) is 0 Å². The second-order valence-electron chi connectivity index (χ2n) is 6.77. The van der Waals surface area contributed by atoms with Crippen LogP contribution in [0.2, 0.25) is 5.02 Å². The van der Waals surface area contributed by atoms with E-state index in [1.165, 1.54) is 0 Å². The van der Waals surface area contributed by atoms with Gasteiger partial charge in [0.1, 0.15) is 5.69 Å². The molecule has 9 heteroatoms. The van der Waals surface area contributed by atoms with Crippen LogP contribution in [-0.2, 0) is 0 Å². The maximum atomic E-state index is 6.02. The molecule has 1 saturated heterocycles. The van der Waals surface area contributed by atoms with Crippen LogP contribution < -0.4 is 21.4 Å². The third-order valence-corrected chi connectivity index (χ3v) is 5.45. The van der Waals surface area contributed by atoms with E-state index in [0.717, 1.165) is 67.6 Å². The van der Waals surface area contributed by atoms with Gasteiger partial charge in [-0.1, -0.05) is 17.7 Å². The van der Waals surface area contributed by atoms with Crippen molar-refractivity contribution in [1.82, 2.24) is 15.3 Å². The van der Waals surface area contributed by atoms with Crippen LogP contribution in [0.4, 0.5) is 17.1 Å². The Bertz CT molecular complexity index is 909. The molecule has 1 aromatic carbocycles. The van der Waals surface area contributed by atoms with E-state index in [-0.39, 0.29) is 0 Å². The molecule has 1 fully saturated rings. The number of nitrogens with zero attached hydrogens (tertiary/aromatic N) is 4. The van der Waals surface area contributed by atoms with Gasteiger partial charge in [-0.2, -0.15) is 5.10 Å². The van der Waals surface area contributed by atoms with E-state index in [2.05, 4.69) is 36.7 Å². The number of nitrogens with two attached hydrogens (primary N) is 1. The summed E-state index contributed by atoms with van der Waals surface area (Å²) in [5.41, 5.74) is 13.5. The molecule has 0 radical (unpaired) electrons. The lowest BCUT2D eigenvalue weighted by Gasteiger charge is -2.37. The van der Waals surface area contributed by atoms with E-state index in [1.807, 2.05) is 24.3 Å². The summed E-state index contributed by atoms with van der Waals surface area (Å²) < 4.78 is 0. The summed E-state index contributed by atoms with van der Waals surface area (Å²) >= 11 is 11.6. The number of piperazine rings is 1. The van der Waals surface area contributed by atoms with Crippen molar-refractivity contribution in [3.05, 3.63) is 47.2 Å². The Labute approximate surface area is 174 Å². The predicted molar refractivity (Wildman–Crippen MR) is 119 cm³/mol. The quantitative estimate of drug-likeness (QED) is 0.395. The van der Waals surface area contributed by atoms with Crippen LogP contribution in [0.25, 0.3) is 0 Å². The van der Waals surface area contributed by atoms with Crippen molar-refractivity contribution in [2.24, 2.45) is 5.10 Å². The van der Waals surface area contributed by atoms with Crippen molar-refractivity contribution in [3.8, 4) is 0 Å². The second kappa shape index (κ2) is 8.20. The topological polar surface area (TPSA) is 81.8 Å². The van der Waals surface area contributed by atoms with Crippen LogP contribution in [-0.4, -0.2) is 53.4 Å². The van der Waals surface area contributed by atoms with Crippen LogP contribution in [0.15, 0.2) is 41.6 Å². The number of anilines is 3. The zero-order chi connectivity index (χ0) is 19.5. The van der Waals surface area contributed by atoms with Gasteiger partial charge in [0.15, 0.2) is 5.11 Å². The normalized spacial score (nSPS) is 17.8. The molecular formula is C19H22ClN7S. The minimum atomic E-state index is 0.606. The van der Waals surface area contributed by atoms with Crippen molar-refractivity contribution >= 4 is 51.7 Å². The first-order chi connectivity index (χ1) is 13.6. The highest BCUT2D eigenvalue weighted by Gasteiger charge is 2.21. The van der Waals surface area contributed by atoms with Crippen LogP contribution in [0, 0.1) is 0 Å². The third kappa shape index (κ3) is 4.13. The van der Waals surface area contributed by atoms with Gasteiger partial charge >= 0.3 is 0 Å². The molecule has 0 unspecified atom stereocenters. The molecule has 2 aliphatic heterocycles. The highest BCUT2D eigenvalue weighted by Crippen LogP contribution is 2.23. The van der Waals surface area contributed by atoms with Crippen LogP contribution in [0.5, 0.6) is 0 Å². The van der Waals surface area contributed by atoms with Gasteiger partial charge in [0, 0.05) is 56.7 Å². The van der Waals surface area contributed by atoms with E-state index < -0.39 is 0 Å². The molecule has 4 N–H and O–H groups in total. The van der Waals surface area contributed by atoms with Gasteiger partial charge in [-0.3, -0.25) is 10.4 Å². The number of thiocarbonyl (C=S) groups is 1. The van der Waals surface area contributed by atoms with E-state index in [0.29, 0.717) is 10.1 Å². The first-order valence-electron chi connectivity index (χ1n) is 9.22. The summed E-state index contributed by atoms with van der Waals surface area (Å²) in [6.45, 7) is 4.22. The molecule has 0 atom stereocenters. The minimum absolute atomic E-state index is 0.606. The van der Waals surface area contributed by atoms with Gasteiger partial charge in [-0.05, 0) is 36.5 Å². The molecule has 4 rings (SSSR count). The number of nitrogens with one attached hydrogen (secondary N) is 2. The molecule has 0 spiro atoms. The van der Waals surface area contributed by atoms with Crippen molar-refractivity contribution in [2.75, 3.05) is 48.7 Å². The molecule has 2 aliphatic rings. The molecule has 0 bridgehead atoms. The average molecular weight is 416 g/mol. The summed E-state index contributed by atoms with van der Waals surface area (Å²) in [4.78, 5) is 8.86. The zero-order valence-electron chi connectivity index (χ0n) is 15.4. The SMILES string of the molecule is Nc1cccc(N2CCN(C(=S)N/N=C3/CCNc4cc(Cl)cnc43)CC2)c1. The van der Waals surface area contributed by atoms with E-state index >= 15 is 0 Å². The molecule has 0 aliphatic carbocycles. The van der Waals surface area contributed by atoms with Gasteiger partial charge in [0.2, 0.25) is 0 Å². The third-order valence-electron chi connectivity index (χ3n) is 4.89.